The number of ether oxygens (including phenoxy) is 2. The summed E-state index contributed by atoms with van der Waals surface area (Å²) in [7, 11) is 0. The second-order valence-corrected chi connectivity index (χ2v) is 7.66. The van der Waals surface area contributed by atoms with Gasteiger partial charge in [-0.25, -0.2) is 4.98 Å². The predicted molar refractivity (Wildman–Crippen MR) is 114 cm³/mol. The Balaban J connectivity index is 1.29. The maximum absolute atomic E-state index is 12.4. The van der Waals surface area contributed by atoms with Crippen LogP contribution in [0.3, 0.4) is 0 Å². The molecule has 8 heteroatoms. The first-order valence-corrected chi connectivity index (χ1v) is 10.5. The number of rotatable bonds is 6. The number of carbonyl (C=O) groups is 1. The molecule has 1 N–H and O–H groups in total. The molecule has 0 aromatic carbocycles. The van der Waals surface area contributed by atoms with Gasteiger partial charge in [-0.2, -0.15) is 0 Å². The van der Waals surface area contributed by atoms with E-state index in [1.54, 1.807) is 0 Å². The Bertz CT molecular complexity index is 839. The summed E-state index contributed by atoms with van der Waals surface area (Å²) in [4.78, 5) is 25.6. The van der Waals surface area contributed by atoms with Crippen LogP contribution in [0.25, 0.3) is 0 Å². The Morgan fingerprint density at radius 3 is 2.80 bits per heavy atom. The van der Waals surface area contributed by atoms with Crippen molar-refractivity contribution >= 4 is 17.4 Å². The third-order valence-electron chi connectivity index (χ3n) is 5.43. The van der Waals surface area contributed by atoms with Crippen LogP contribution in [0.15, 0.2) is 36.5 Å². The normalized spacial score (nSPS) is 20.2. The van der Waals surface area contributed by atoms with Gasteiger partial charge in [0.25, 0.3) is 0 Å². The molecule has 2 aromatic rings. The Morgan fingerprint density at radius 1 is 1.17 bits per heavy atom. The molecule has 0 unspecified atom stereocenters. The quantitative estimate of drug-likeness (QED) is 0.780. The van der Waals surface area contributed by atoms with E-state index in [2.05, 4.69) is 20.2 Å². The van der Waals surface area contributed by atoms with Gasteiger partial charge in [0.15, 0.2) is 0 Å². The molecule has 2 aliphatic rings. The molecule has 0 aliphatic carbocycles. The standard InChI is InChI=1S/C22H29N5O3/c1-17-3-2-4-21(24-17)25-18-5-6-19(23-15-18)20-16-26(9-14-30-20)8-7-22(28)27-10-12-29-13-11-27/h2-6,15,20H,7-14,16H2,1H3,(H,24,25)/t20-/m1/s1. The van der Waals surface area contributed by atoms with Crippen molar-refractivity contribution in [1.82, 2.24) is 19.8 Å². The molecule has 0 bridgehead atoms. The second-order valence-electron chi connectivity index (χ2n) is 7.66. The number of amides is 1. The van der Waals surface area contributed by atoms with Gasteiger partial charge in [0.05, 0.1) is 37.4 Å². The SMILES string of the molecule is Cc1cccc(Nc2ccc([C@H]3CN(CCC(=O)N4CCOCC4)CCO3)nc2)n1. The maximum Gasteiger partial charge on any atom is 0.224 e. The van der Waals surface area contributed by atoms with Crippen LogP contribution >= 0.6 is 0 Å². The highest BCUT2D eigenvalue weighted by atomic mass is 16.5. The first-order valence-electron chi connectivity index (χ1n) is 10.5. The van der Waals surface area contributed by atoms with Crippen molar-refractivity contribution in [3.63, 3.8) is 0 Å². The van der Waals surface area contributed by atoms with E-state index >= 15 is 0 Å². The Labute approximate surface area is 177 Å². The van der Waals surface area contributed by atoms with Crippen molar-refractivity contribution in [2.45, 2.75) is 19.4 Å². The van der Waals surface area contributed by atoms with Crippen LogP contribution in [-0.2, 0) is 14.3 Å². The third-order valence-corrected chi connectivity index (χ3v) is 5.43. The molecule has 2 saturated heterocycles. The van der Waals surface area contributed by atoms with E-state index in [1.165, 1.54) is 0 Å². The second kappa shape index (κ2) is 9.97. The summed E-state index contributed by atoms with van der Waals surface area (Å²) in [5.41, 5.74) is 2.76. The first-order chi connectivity index (χ1) is 14.7. The molecule has 1 atom stereocenters. The molecule has 0 spiro atoms. The largest absolute Gasteiger partial charge is 0.378 e. The molecule has 2 aromatic heterocycles. The van der Waals surface area contributed by atoms with Crippen molar-refractivity contribution in [3.8, 4) is 0 Å². The number of morpholine rings is 2. The zero-order valence-electron chi connectivity index (χ0n) is 17.4. The summed E-state index contributed by atoms with van der Waals surface area (Å²) in [5, 5.41) is 3.27. The third kappa shape index (κ3) is 5.53. The van der Waals surface area contributed by atoms with Gasteiger partial charge in [-0.05, 0) is 31.2 Å². The van der Waals surface area contributed by atoms with Crippen molar-refractivity contribution < 1.29 is 14.3 Å². The summed E-state index contributed by atoms with van der Waals surface area (Å²) in [6.45, 7) is 7.62. The van der Waals surface area contributed by atoms with E-state index in [0.717, 1.165) is 42.5 Å². The van der Waals surface area contributed by atoms with E-state index in [0.29, 0.717) is 39.3 Å². The molecule has 4 rings (SSSR count). The number of nitrogens with zero attached hydrogens (tertiary/aromatic N) is 4. The fourth-order valence-electron chi connectivity index (χ4n) is 3.74. The fraction of sp³-hybridized carbons (Fsp3) is 0.500. The van der Waals surface area contributed by atoms with Crippen LogP contribution in [0.5, 0.6) is 0 Å². The number of carbonyl (C=O) groups excluding carboxylic acids is 1. The van der Waals surface area contributed by atoms with Crippen LogP contribution in [0.4, 0.5) is 11.5 Å². The van der Waals surface area contributed by atoms with Crippen molar-refractivity contribution in [1.29, 1.82) is 0 Å². The molecule has 0 radical (unpaired) electrons. The lowest BCUT2D eigenvalue weighted by Gasteiger charge is -2.33. The predicted octanol–water partition coefficient (Wildman–Crippen LogP) is 2.15. The van der Waals surface area contributed by atoms with Gasteiger partial charge >= 0.3 is 0 Å². The van der Waals surface area contributed by atoms with E-state index in [-0.39, 0.29) is 12.0 Å². The average molecular weight is 412 g/mol. The van der Waals surface area contributed by atoms with Gasteiger partial charge in [-0.15, -0.1) is 0 Å². The van der Waals surface area contributed by atoms with Crippen LogP contribution in [0.1, 0.15) is 23.9 Å². The molecular weight excluding hydrogens is 382 g/mol. The van der Waals surface area contributed by atoms with Gasteiger partial charge in [-0.3, -0.25) is 14.7 Å². The van der Waals surface area contributed by atoms with Crippen LogP contribution in [0.2, 0.25) is 0 Å². The molecule has 2 aliphatic heterocycles. The van der Waals surface area contributed by atoms with Crippen LogP contribution in [-0.4, -0.2) is 78.2 Å². The highest BCUT2D eigenvalue weighted by Gasteiger charge is 2.24. The summed E-state index contributed by atoms with van der Waals surface area (Å²) < 4.78 is 11.3. The summed E-state index contributed by atoms with van der Waals surface area (Å²) in [6.07, 6.45) is 2.26. The lowest BCUT2D eigenvalue weighted by Crippen LogP contribution is -2.44. The van der Waals surface area contributed by atoms with Gasteiger partial charge < -0.3 is 19.7 Å². The highest BCUT2D eigenvalue weighted by molar-refractivity contribution is 5.76. The van der Waals surface area contributed by atoms with Crippen LogP contribution in [0, 0.1) is 6.92 Å². The lowest BCUT2D eigenvalue weighted by molar-refractivity contribution is -0.136. The molecular formula is C22H29N5O3. The number of anilines is 2. The smallest absolute Gasteiger partial charge is 0.224 e. The lowest BCUT2D eigenvalue weighted by atomic mass is 10.1. The van der Waals surface area contributed by atoms with Crippen molar-refractivity contribution in [3.05, 3.63) is 47.9 Å². The van der Waals surface area contributed by atoms with E-state index in [1.807, 2.05) is 48.4 Å². The maximum atomic E-state index is 12.4. The fourth-order valence-corrected chi connectivity index (χ4v) is 3.74. The zero-order valence-corrected chi connectivity index (χ0v) is 17.4. The highest BCUT2D eigenvalue weighted by Crippen LogP contribution is 2.23. The van der Waals surface area contributed by atoms with E-state index < -0.39 is 0 Å². The molecule has 30 heavy (non-hydrogen) atoms. The molecule has 4 heterocycles. The summed E-state index contributed by atoms with van der Waals surface area (Å²) in [6, 6.07) is 9.86. The van der Waals surface area contributed by atoms with Gasteiger partial charge in [-0.1, -0.05) is 6.07 Å². The molecule has 2 fully saturated rings. The molecule has 0 saturated carbocycles. The van der Waals surface area contributed by atoms with Gasteiger partial charge in [0.1, 0.15) is 11.9 Å². The Morgan fingerprint density at radius 2 is 2.03 bits per heavy atom. The summed E-state index contributed by atoms with van der Waals surface area (Å²) in [5.74, 6) is 1.01. The topological polar surface area (TPSA) is 79.8 Å². The number of hydrogen-bond donors (Lipinski definition) is 1. The number of pyridine rings is 2. The molecule has 8 nitrogen and oxygen atoms in total. The monoisotopic (exact) mass is 411 g/mol. The first kappa shape index (κ1) is 20.7. The van der Waals surface area contributed by atoms with Crippen molar-refractivity contribution in [2.24, 2.45) is 0 Å². The zero-order chi connectivity index (χ0) is 20.8. The Kier molecular flexibility index (Phi) is 6.88. The van der Waals surface area contributed by atoms with Crippen molar-refractivity contribution in [2.75, 3.05) is 57.9 Å². The number of nitrogens with one attached hydrogen (secondary N) is 1. The minimum Gasteiger partial charge on any atom is -0.378 e. The summed E-state index contributed by atoms with van der Waals surface area (Å²) >= 11 is 0. The Hall–Kier alpha value is -2.55. The van der Waals surface area contributed by atoms with E-state index in [4.69, 9.17) is 9.47 Å². The van der Waals surface area contributed by atoms with Crippen LogP contribution < -0.4 is 5.32 Å². The van der Waals surface area contributed by atoms with E-state index in [9.17, 15) is 4.79 Å². The number of aromatic nitrogens is 2. The number of hydrogen-bond acceptors (Lipinski definition) is 7. The molecule has 160 valence electrons. The average Bonchev–Trinajstić information content (AvgIpc) is 2.79. The van der Waals surface area contributed by atoms with Gasteiger partial charge in [0, 0.05) is 44.8 Å². The number of aryl methyl sites for hydroxylation is 1. The minimum atomic E-state index is -0.0802. The minimum absolute atomic E-state index is 0.0802. The molecule has 1 amide bonds. The van der Waals surface area contributed by atoms with Gasteiger partial charge in [0.2, 0.25) is 5.91 Å².